The molecule has 2 atom stereocenters. The molecule has 180 valence electrons. The van der Waals surface area contributed by atoms with Crippen LogP contribution in [-0.2, 0) is 11.2 Å². The molecule has 1 fully saturated rings. The molecular weight excluding hydrogens is 449 g/mol. The van der Waals surface area contributed by atoms with Crippen molar-refractivity contribution in [2.45, 2.75) is 53.6 Å². The van der Waals surface area contributed by atoms with Gasteiger partial charge in [0.1, 0.15) is 12.0 Å². The molecule has 3 rings (SSSR count). The predicted octanol–water partition coefficient (Wildman–Crippen LogP) is 7.13. The van der Waals surface area contributed by atoms with E-state index in [4.69, 9.17) is 16.9 Å². The smallest absolute Gasteiger partial charge is 0.342 e. The number of hydrogen-bond donors (Lipinski definition) is 0. The van der Waals surface area contributed by atoms with Gasteiger partial charge in [-0.3, -0.25) is 4.79 Å². The molecule has 0 N–H and O–H groups in total. The van der Waals surface area contributed by atoms with Gasteiger partial charge in [0, 0.05) is 13.1 Å². The monoisotopic (exact) mass is 480 g/mol. The van der Waals surface area contributed by atoms with E-state index in [0.717, 1.165) is 25.3 Å². The number of benzene rings is 2. The predicted molar refractivity (Wildman–Crippen MR) is 127 cm³/mol. The van der Waals surface area contributed by atoms with E-state index in [2.05, 4.69) is 38.1 Å². The summed E-state index contributed by atoms with van der Waals surface area (Å²) >= 11 is 5.71. The molecule has 2 aromatic carbocycles. The van der Waals surface area contributed by atoms with Crippen LogP contribution in [0.15, 0.2) is 42.5 Å². The van der Waals surface area contributed by atoms with Crippen molar-refractivity contribution in [2.75, 3.05) is 13.1 Å². The Morgan fingerprint density at radius 1 is 1.24 bits per heavy atom. The van der Waals surface area contributed by atoms with E-state index in [1.54, 1.807) is 12.1 Å². The number of carbonyl (C=O) groups is 1. The average Bonchev–Trinajstić information content (AvgIpc) is 3.20. The van der Waals surface area contributed by atoms with Crippen molar-refractivity contribution in [3.8, 4) is 6.07 Å². The third-order valence-electron chi connectivity index (χ3n) is 5.48. The Kier molecular flexibility index (Phi) is 11.4. The molecule has 2 unspecified atom stereocenters. The topological polar surface area (TPSA) is 44.1 Å². The number of aryl methyl sites for hydroxylation is 3. The molecule has 7 heteroatoms. The van der Waals surface area contributed by atoms with Gasteiger partial charge in [-0.25, -0.2) is 0 Å². The Labute approximate surface area is 200 Å². The third-order valence-corrected chi connectivity index (χ3v) is 5.80. The molecule has 0 aliphatic carbocycles. The Morgan fingerprint density at radius 2 is 1.88 bits per heavy atom. The van der Waals surface area contributed by atoms with Crippen LogP contribution in [-0.4, -0.2) is 30.1 Å². The molecule has 0 bridgehead atoms. The van der Waals surface area contributed by atoms with Gasteiger partial charge in [-0.15, -0.1) is 0 Å². The van der Waals surface area contributed by atoms with Crippen LogP contribution in [0.4, 0.5) is 13.2 Å². The van der Waals surface area contributed by atoms with E-state index < -0.39 is 18.0 Å². The lowest BCUT2D eigenvalue weighted by atomic mass is 10.1. The summed E-state index contributed by atoms with van der Waals surface area (Å²) in [6.45, 7) is 10.0. The van der Waals surface area contributed by atoms with Crippen molar-refractivity contribution in [3.05, 3.63) is 69.7 Å². The van der Waals surface area contributed by atoms with Gasteiger partial charge in [-0.1, -0.05) is 55.8 Å². The maximum atomic E-state index is 12.2. The Morgan fingerprint density at radius 3 is 2.30 bits per heavy atom. The van der Waals surface area contributed by atoms with Crippen LogP contribution >= 0.6 is 11.6 Å². The van der Waals surface area contributed by atoms with Gasteiger partial charge in [-0.05, 0) is 68.4 Å². The molecule has 33 heavy (non-hydrogen) atoms. The lowest BCUT2D eigenvalue weighted by Gasteiger charge is -2.22. The Bertz CT molecular complexity index is 953. The second-order valence-electron chi connectivity index (χ2n) is 8.32. The van der Waals surface area contributed by atoms with Crippen molar-refractivity contribution in [1.82, 2.24) is 4.90 Å². The van der Waals surface area contributed by atoms with Crippen LogP contribution in [0.25, 0.3) is 0 Å². The highest BCUT2D eigenvalue weighted by atomic mass is 35.5. The second kappa shape index (κ2) is 13.3. The van der Waals surface area contributed by atoms with E-state index in [9.17, 15) is 18.0 Å². The average molecular weight is 481 g/mol. The van der Waals surface area contributed by atoms with Gasteiger partial charge in [0.15, 0.2) is 0 Å². The first-order chi connectivity index (χ1) is 15.4. The van der Waals surface area contributed by atoms with Gasteiger partial charge >= 0.3 is 6.18 Å². The highest BCUT2D eigenvalue weighted by Gasteiger charge is 2.43. The van der Waals surface area contributed by atoms with Crippen molar-refractivity contribution < 1.29 is 18.0 Å². The summed E-state index contributed by atoms with van der Waals surface area (Å²) in [5.74, 6) is -2.34. The minimum atomic E-state index is -4.41. The molecule has 1 saturated heterocycles. The summed E-state index contributed by atoms with van der Waals surface area (Å²) in [5, 5.41) is 9.00. The molecule has 1 aliphatic heterocycles. The first-order valence-corrected chi connectivity index (χ1v) is 11.3. The molecule has 2 aromatic rings. The summed E-state index contributed by atoms with van der Waals surface area (Å²) < 4.78 is 36.6. The minimum Gasteiger partial charge on any atom is -0.342 e. The number of hydrogen-bond acceptors (Lipinski definition) is 2. The summed E-state index contributed by atoms with van der Waals surface area (Å²) in [5.41, 5.74) is 4.47. The van der Waals surface area contributed by atoms with Crippen LogP contribution < -0.4 is 0 Å². The van der Waals surface area contributed by atoms with Gasteiger partial charge in [0.2, 0.25) is 5.91 Å². The van der Waals surface area contributed by atoms with Crippen LogP contribution in [0.3, 0.4) is 0 Å². The summed E-state index contributed by atoms with van der Waals surface area (Å²) in [4.78, 5) is 12.7. The summed E-state index contributed by atoms with van der Waals surface area (Å²) in [6.07, 6.45) is -2.47. The Hall–Kier alpha value is -2.52. The van der Waals surface area contributed by atoms with E-state index >= 15 is 0 Å². The highest BCUT2D eigenvalue weighted by Crippen LogP contribution is 2.29. The molecule has 0 spiro atoms. The number of likely N-dealkylation sites (tertiary alicyclic amines) is 1. The van der Waals surface area contributed by atoms with Gasteiger partial charge in [0.05, 0.1) is 10.6 Å². The van der Waals surface area contributed by atoms with E-state index in [0.29, 0.717) is 29.6 Å². The number of amides is 1. The fraction of sp³-hybridized carbons (Fsp3) is 0.462. The zero-order valence-corrected chi connectivity index (χ0v) is 20.6. The van der Waals surface area contributed by atoms with E-state index in [1.165, 1.54) is 16.0 Å². The van der Waals surface area contributed by atoms with Crippen LogP contribution in [0.1, 0.15) is 49.4 Å². The SMILES string of the molecule is CC1CCN(C(=O)C(C)C(F)(F)F)C1.CCc1ccccc1C.Cc1ccc(C#N)c(Cl)c1. The van der Waals surface area contributed by atoms with Crippen molar-refractivity contribution in [3.63, 3.8) is 0 Å². The van der Waals surface area contributed by atoms with Gasteiger partial charge in [-0.2, -0.15) is 18.4 Å². The first-order valence-electron chi connectivity index (χ1n) is 11.0. The fourth-order valence-electron chi connectivity index (χ4n) is 3.27. The lowest BCUT2D eigenvalue weighted by molar-refractivity contribution is -0.184. The number of alkyl halides is 3. The lowest BCUT2D eigenvalue weighted by Crippen LogP contribution is -2.39. The van der Waals surface area contributed by atoms with E-state index in [-0.39, 0.29) is 0 Å². The van der Waals surface area contributed by atoms with Crippen molar-refractivity contribution >= 4 is 17.5 Å². The molecular formula is C26H32ClF3N2O. The van der Waals surface area contributed by atoms with Gasteiger partial charge in [0.25, 0.3) is 0 Å². The number of halogens is 4. The first kappa shape index (κ1) is 28.5. The van der Waals surface area contributed by atoms with Crippen LogP contribution in [0.2, 0.25) is 5.02 Å². The van der Waals surface area contributed by atoms with Crippen LogP contribution in [0, 0.1) is 37.0 Å². The maximum absolute atomic E-state index is 12.2. The molecule has 0 radical (unpaired) electrons. The number of nitrogens with zero attached hydrogens (tertiary/aromatic N) is 2. The van der Waals surface area contributed by atoms with Crippen LogP contribution in [0.5, 0.6) is 0 Å². The van der Waals surface area contributed by atoms with E-state index in [1.807, 2.05) is 26.0 Å². The molecule has 1 aliphatic rings. The number of carbonyl (C=O) groups excluding carboxylic acids is 1. The molecule has 3 nitrogen and oxygen atoms in total. The quantitative estimate of drug-likeness (QED) is 0.458. The minimum absolute atomic E-state index is 0.319. The third kappa shape index (κ3) is 9.47. The molecule has 1 heterocycles. The number of nitriles is 1. The highest BCUT2D eigenvalue weighted by molar-refractivity contribution is 6.31. The standard InChI is InChI=1S/C9H14F3NO.C9H12.C8H6ClN/c1-6-3-4-13(5-6)8(14)7(2)9(10,11)12;1-3-9-7-5-4-6-8(9)2;1-6-2-3-7(5-10)8(9)4-6/h6-7H,3-5H2,1-2H3;4-7H,3H2,1-2H3;2-4H,1H3. The zero-order chi connectivity index (χ0) is 25.2. The molecule has 0 saturated carbocycles. The largest absolute Gasteiger partial charge is 0.400 e. The summed E-state index contributed by atoms with van der Waals surface area (Å²) in [7, 11) is 0. The van der Waals surface area contributed by atoms with Crippen molar-refractivity contribution in [1.29, 1.82) is 5.26 Å². The zero-order valence-electron chi connectivity index (χ0n) is 19.8. The summed E-state index contributed by atoms with van der Waals surface area (Å²) in [6, 6.07) is 15.8. The van der Waals surface area contributed by atoms with Gasteiger partial charge < -0.3 is 4.90 Å². The second-order valence-corrected chi connectivity index (χ2v) is 8.72. The maximum Gasteiger partial charge on any atom is 0.400 e. The molecule has 1 amide bonds. The Balaban J connectivity index is 0.000000255. The normalized spacial score (nSPS) is 16.0. The van der Waals surface area contributed by atoms with Crippen molar-refractivity contribution in [2.24, 2.45) is 11.8 Å². The fourth-order valence-corrected chi connectivity index (χ4v) is 3.54. The number of rotatable bonds is 2. The molecule has 0 aromatic heterocycles.